The summed E-state index contributed by atoms with van der Waals surface area (Å²) in [6.07, 6.45) is -0.671. The molecule has 0 aliphatic carbocycles. The predicted octanol–water partition coefficient (Wildman–Crippen LogP) is 2.75. The first-order chi connectivity index (χ1) is 11.5. The summed E-state index contributed by atoms with van der Waals surface area (Å²) < 4.78 is 15.1. The minimum absolute atomic E-state index is 0.235. The van der Waals surface area contributed by atoms with E-state index in [4.69, 9.17) is 9.47 Å². The number of benzene rings is 2. The molecule has 0 heterocycles. The quantitative estimate of drug-likeness (QED) is 0.670. The highest BCUT2D eigenvalue weighted by molar-refractivity contribution is 5.94. The molecule has 1 N–H and O–H groups in total. The topological polar surface area (TPSA) is 82.1 Å². The fourth-order valence-electron chi connectivity index (χ4n) is 2.08. The number of ether oxygens (including phenoxy) is 3. The van der Waals surface area contributed by atoms with E-state index in [0.717, 1.165) is 0 Å². The van der Waals surface area contributed by atoms with Crippen LogP contribution in [-0.2, 0) is 4.74 Å². The van der Waals surface area contributed by atoms with Crippen LogP contribution in [-0.4, -0.2) is 31.3 Å². The predicted molar refractivity (Wildman–Crippen MR) is 86.4 cm³/mol. The van der Waals surface area contributed by atoms with Crippen LogP contribution in [0.3, 0.4) is 0 Å². The van der Waals surface area contributed by atoms with Gasteiger partial charge in [-0.2, -0.15) is 0 Å². The van der Waals surface area contributed by atoms with Gasteiger partial charge in [-0.05, 0) is 48.9 Å². The third-order valence-electron chi connectivity index (χ3n) is 3.41. The Hall–Kier alpha value is -2.86. The zero-order chi connectivity index (χ0) is 17.7. The van der Waals surface area contributed by atoms with E-state index in [9.17, 15) is 14.7 Å². The van der Waals surface area contributed by atoms with Crippen LogP contribution in [0, 0.1) is 0 Å². The Bertz CT molecular complexity index is 734. The molecule has 2 aromatic carbocycles. The van der Waals surface area contributed by atoms with Gasteiger partial charge in [0.25, 0.3) is 0 Å². The second-order valence-electron chi connectivity index (χ2n) is 5.04. The lowest BCUT2D eigenvalue weighted by atomic mass is 10.1. The van der Waals surface area contributed by atoms with Crippen molar-refractivity contribution in [1.82, 2.24) is 0 Å². The summed E-state index contributed by atoms with van der Waals surface area (Å²) in [7, 11) is 2.72. The van der Waals surface area contributed by atoms with Crippen LogP contribution in [0.1, 0.15) is 39.3 Å². The van der Waals surface area contributed by atoms with E-state index in [0.29, 0.717) is 16.9 Å². The summed E-state index contributed by atoms with van der Waals surface area (Å²) >= 11 is 0. The van der Waals surface area contributed by atoms with Gasteiger partial charge in [-0.3, -0.25) is 0 Å². The first-order valence-electron chi connectivity index (χ1n) is 7.22. The lowest BCUT2D eigenvalue weighted by Gasteiger charge is -2.12. The molecule has 0 aromatic heterocycles. The van der Waals surface area contributed by atoms with Gasteiger partial charge < -0.3 is 19.3 Å². The van der Waals surface area contributed by atoms with E-state index in [1.165, 1.54) is 44.6 Å². The van der Waals surface area contributed by atoms with Crippen molar-refractivity contribution >= 4 is 11.9 Å². The van der Waals surface area contributed by atoms with E-state index in [-0.39, 0.29) is 11.3 Å². The highest BCUT2D eigenvalue weighted by Crippen LogP contribution is 2.25. The molecule has 6 nitrogen and oxygen atoms in total. The van der Waals surface area contributed by atoms with Gasteiger partial charge in [-0.25, -0.2) is 9.59 Å². The van der Waals surface area contributed by atoms with E-state index in [1.54, 1.807) is 19.1 Å². The molecule has 0 amide bonds. The summed E-state index contributed by atoms with van der Waals surface area (Å²) in [4.78, 5) is 23.7. The standard InChI is InChI=1S/C18H18O6/c1-11(19)13-6-9-15(16(10-13)22-2)18(21)24-14-7-4-12(5-8-14)17(20)23-3/h4-11,19H,1-3H3. The maximum atomic E-state index is 12.3. The molecule has 0 spiro atoms. The summed E-state index contributed by atoms with van der Waals surface area (Å²) in [5.74, 6) is -0.475. The molecule has 0 bridgehead atoms. The largest absolute Gasteiger partial charge is 0.496 e. The van der Waals surface area contributed by atoms with Crippen molar-refractivity contribution in [2.75, 3.05) is 14.2 Å². The Morgan fingerprint density at radius 2 is 1.67 bits per heavy atom. The molecule has 1 unspecified atom stereocenters. The molecule has 0 radical (unpaired) electrons. The number of carbonyl (C=O) groups excluding carboxylic acids is 2. The molecule has 0 aliphatic heterocycles. The molecule has 2 aromatic rings. The van der Waals surface area contributed by atoms with Crippen molar-refractivity contribution in [3.05, 3.63) is 59.2 Å². The first kappa shape index (κ1) is 17.5. The molecule has 2 rings (SSSR count). The molecule has 126 valence electrons. The van der Waals surface area contributed by atoms with Crippen molar-refractivity contribution in [2.24, 2.45) is 0 Å². The van der Waals surface area contributed by atoms with Gasteiger partial charge >= 0.3 is 11.9 Å². The average molecular weight is 330 g/mol. The number of carbonyl (C=O) groups is 2. The molecule has 1 atom stereocenters. The number of hydrogen-bond acceptors (Lipinski definition) is 6. The van der Waals surface area contributed by atoms with Gasteiger partial charge in [0.1, 0.15) is 17.1 Å². The molecule has 0 fully saturated rings. The first-order valence-corrected chi connectivity index (χ1v) is 7.22. The summed E-state index contributed by atoms with van der Waals surface area (Å²) in [6.45, 7) is 1.62. The number of methoxy groups -OCH3 is 2. The van der Waals surface area contributed by atoms with Gasteiger partial charge in [0.05, 0.1) is 25.9 Å². The molecule has 0 aliphatic rings. The maximum absolute atomic E-state index is 12.3. The van der Waals surface area contributed by atoms with E-state index in [2.05, 4.69) is 4.74 Å². The van der Waals surface area contributed by atoms with Crippen molar-refractivity contribution in [2.45, 2.75) is 13.0 Å². The fraction of sp³-hybridized carbons (Fsp3) is 0.222. The minimum Gasteiger partial charge on any atom is -0.496 e. The average Bonchev–Trinajstić information content (AvgIpc) is 2.60. The van der Waals surface area contributed by atoms with Gasteiger partial charge in [0.2, 0.25) is 0 Å². The van der Waals surface area contributed by atoms with Gasteiger partial charge in [0, 0.05) is 0 Å². The van der Waals surface area contributed by atoms with Crippen LogP contribution in [0.15, 0.2) is 42.5 Å². The van der Waals surface area contributed by atoms with E-state index in [1.807, 2.05) is 0 Å². The molecule has 24 heavy (non-hydrogen) atoms. The normalized spacial score (nSPS) is 11.5. The SMILES string of the molecule is COC(=O)c1ccc(OC(=O)c2ccc(C(C)O)cc2OC)cc1. The monoisotopic (exact) mass is 330 g/mol. The minimum atomic E-state index is -0.671. The molecule has 0 saturated carbocycles. The van der Waals surface area contributed by atoms with E-state index >= 15 is 0 Å². The van der Waals surface area contributed by atoms with Crippen molar-refractivity contribution in [3.63, 3.8) is 0 Å². The lowest BCUT2D eigenvalue weighted by molar-refractivity contribution is 0.0600. The molecular weight excluding hydrogens is 312 g/mol. The van der Waals surface area contributed by atoms with Gasteiger partial charge in [-0.15, -0.1) is 0 Å². The van der Waals surface area contributed by atoms with Crippen molar-refractivity contribution < 1.29 is 28.9 Å². The summed E-state index contributed by atoms with van der Waals surface area (Å²) in [6, 6.07) is 10.8. The number of aliphatic hydroxyl groups is 1. The highest BCUT2D eigenvalue weighted by atomic mass is 16.5. The fourth-order valence-corrected chi connectivity index (χ4v) is 2.08. The third-order valence-corrected chi connectivity index (χ3v) is 3.41. The number of hydrogen-bond donors (Lipinski definition) is 1. The number of esters is 2. The molecule has 0 saturated heterocycles. The summed E-state index contributed by atoms with van der Waals surface area (Å²) in [5, 5.41) is 9.59. The highest BCUT2D eigenvalue weighted by Gasteiger charge is 2.17. The Labute approximate surface area is 139 Å². The van der Waals surface area contributed by atoms with Crippen molar-refractivity contribution in [3.8, 4) is 11.5 Å². The van der Waals surface area contributed by atoms with Gasteiger partial charge in [0.15, 0.2) is 0 Å². The number of rotatable bonds is 5. The Morgan fingerprint density at radius 3 is 2.21 bits per heavy atom. The van der Waals surface area contributed by atoms with Gasteiger partial charge in [-0.1, -0.05) is 6.07 Å². The number of aliphatic hydroxyl groups excluding tert-OH is 1. The zero-order valence-electron chi connectivity index (χ0n) is 13.6. The third kappa shape index (κ3) is 3.91. The molecular formula is C18H18O6. The Balaban J connectivity index is 2.19. The van der Waals surface area contributed by atoms with Crippen LogP contribution in [0.2, 0.25) is 0 Å². The maximum Gasteiger partial charge on any atom is 0.347 e. The Kier molecular flexibility index (Phi) is 5.55. The smallest absolute Gasteiger partial charge is 0.347 e. The van der Waals surface area contributed by atoms with Crippen LogP contribution >= 0.6 is 0 Å². The Morgan fingerprint density at radius 1 is 1.00 bits per heavy atom. The zero-order valence-corrected chi connectivity index (χ0v) is 13.6. The van der Waals surface area contributed by atoms with E-state index < -0.39 is 18.0 Å². The second kappa shape index (κ2) is 7.61. The van der Waals surface area contributed by atoms with Crippen molar-refractivity contribution in [1.29, 1.82) is 0 Å². The van der Waals surface area contributed by atoms with Crippen LogP contribution < -0.4 is 9.47 Å². The van der Waals surface area contributed by atoms with Crippen LogP contribution in [0.4, 0.5) is 0 Å². The summed E-state index contributed by atoms with van der Waals surface area (Å²) in [5.41, 5.74) is 1.22. The lowest BCUT2D eigenvalue weighted by Crippen LogP contribution is -2.11. The molecule has 6 heteroatoms. The second-order valence-corrected chi connectivity index (χ2v) is 5.04. The van der Waals surface area contributed by atoms with Crippen LogP contribution in [0.5, 0.6) is 11.5 Å². The van der Waals surface area contributed by atoms with Crippen LogP contribution in [0.25, 0.3) is 0 Å².